The van der Waals surface area contributed by atoms with Crippen LogP contribution in [0, 0.1) is 0 Å². The summed E-state index contributed by atoms with van der Waals surface area (Å²) in [5.74, 6) is 1.83. The molecule has 0 unspecified atom stereocenters. The van der Waals surface area contributed by atoms with Gasteiger partial charge in [-0.25, -0.2) is 0 Å². The number of benzene rings is 11. The lowest BCUT2D eigenvalue weighted by atomic mass is 9.65. The highest BCUT2D eigenvalue weighted by molar-refractivity contribution is 6.03. The van der Waals surface area contributed by atoms with Gasteiger partial charge in [-0.05, 0) is 91.2 Å². The van der Waals surface area contributed by atoms with Gasteiger partial charge in [-0.2, -0.15) is 0 Å². The number of rotatable bonds is 6. The molecule has 2 aliphatic rings. The zero-order valence-electron chi connectivity index (χ0n) is 35.5. The van der Waals surface area contributed by atoms with Crippen molar-refractivity contribution in [3.05, 3.63) is 271 Å². The second-order valence-corrected chi connectivity index (χ2v) is 17.1. The predicted molar refractivity (Wildman–Crippen MR) is 270 cm³/mol. The van der Waals surface area contributed by atoms with Crippen molar-refractivity contribution >= 4 is 38.6 Å². The number of ether oxygens (including phenoxy) is 1. The van der Waals surface area contributed by atoms with Gasteiger partial charge in [0.05, 0.1) is 11.1 Å². The summed E-state index contributed by atoms with van der Waals surface area (Å²) in [5.41, 5.74) is 17.0. The Labute approximate surface area is 378 Å². The van der Waals surface area contributed by atoms with Crippen LogP contribution in [0.4, 0.5) is 17.1 Å². The first kappa shape index (κ1) is 37.1. The molecule has 304 valence electrons. The Bertz CT molecular complexity index is 3530. The molecule has 0 fully saturated rings. The zero-order valence-corrected chi connectivity index (χ0v) is 35.5. The van der Waals surface area contributed by atoms with Crippen LogP contribution in [0.15, 0.2) is 249 Å². The van der Waals surface area contributed by atoms with E-state index in [2.05, 4.69) is 254 Å². The van der Waals surface area contributed by atoms with Gasteiger partial charge in [-0.1, -0.05) is 218 Å². The summed E-state index contributed by atoms with van der Waals surface area (Å²) >= 11 is 0. The van der Waals surface area contributed by atoms with E-state index in [4.69, 9.17) is 4.74 Å². The lowest BCUT2D eigenvalue weighted by Gasteiger charge is -2.40. The van der Waals surface area contributed by atoms with Crippen molar-refractivity contribution in [2.45, 2.75) is 5.41 Å². The van der Waals surface area contributed by atoms with E-state index in [0.29, 0.717) is 0 Å². The fraction of sp³-hybridized carbons (Fsp3) is 0.0159. The maximum absolute atomic E-state index is 7.26. The lowest BCUT2D eigenvalue weighted by Crippen LogP contribution is -2.32. The largest absolute Gasteiger partial charge is 0.455 e. The van der Waals surface area contributed by atoms with Gasteiger partial charge in [0.25, 0.3) is 0 Å². The highest BCUT2D eigenvalue weighted by atomic mass is 16.5. The van der Waals surface area contributed by atoms with Gasteiger partial charge in [0.15, 0.2) is 0 Å². The van der Waals surface area contributed by atoms with Crippen molar-refractivity contribution in [2.75, 3.05) is 4.90 Å². The summed E-state index contributed by atoms with van der Waals surface area (Å²) in [7, 11) is 0. The van der Waals surface area contributed by atoms with Gasteiger partial charge < -0.3 is 9.64 Å². The Balaban J connectivity index is 1.06. The first-order valence-electron chi connectivity index (χ1n) is 22.4. The molecule has 0 bridgehead atoms. The smallest absolute Gasteiger partial charge is 0.140 e. The van der Waals surface area contributed by atoms with Crippen LogP contribution >= 0.6 is 0 Å². The molecule has 2 heteroatoms. The molecule has 0 atom stereocenters. The summed E-state index contributed by atoms with van der Waals surface area (Å²) in [6.45, 7) is 0. The molecule has 13 rings (SSSR count). The first-order valence-corrected chi connectivity index (χ1v) is 22.4. The third-order valence-corrected chi connectivity index (χ3v) is 13.7. The minimum Gasteiger partial charge on any atom is -0.455 e. The van der Waals surface area contributed by atoms with Crippen LogP contribution < -0.4 is 9.64 Å². The monoisotopic (exact) mass is 827 g/mol. The highest BCUT2D eigenvalue weighted by Gasteiger charge is 2.52. The third kappa shape index (κ3) is 5.67. The maximum Gasteiger partial charge on any atom is 0.140 e. The van der Waals surface area contributed by atoms with Crippen LogP contribution in [0.3, 0.4) is 0 Å². The molecular weight excluding hydrogens is 787 g/mol. The fourth-order valence-corrected chi connectivity index (χ4v) is 10.9. The Hall–Kier alpha value is -8.46. The van der Waals surface area contributed by atoms with Crippen LogP contribution in [0.2, 0.25) is 0 Å². The second kappa shape index (κ2) is 14.8. The summed E-state index contributed by atoms with van der Waals surface area (Å²) in [6.07, 6.45) is 0. The van der Waals surface area contributed by atoms with Crippen molar-refractivity contribution in [3.8, 4) is 56.0 Å². The van der Waals surface area contributed by atoms with Crippen molar-refractivity contribution < 1.29 is 4.74 Å². The summed E-state index contributed by atoms with van der Waals surface area (Å²) in [4.78, 5) is 2.46. The molecular formula is C63H41NO. The average molecular weight is 828 g/mol. The van der Waals surface area contributed by atoms with E-state index < -0.39 is 5.41 Å². The molecule has 0 saturated heterocycles. The van der Waals surface area contributed by atoms with Crippen molar-refractivity contribution in [1.82, 2.24) is 0 Å². The number of hydrogen-bond donors (Lipinski definition) is 0. The average Bonchev–Trinajstić information content (AvgIpc) is 3.68. The van der Waals surface area contributed by atoms with E-state index >= 15 is 0 Å². The van der Waals surface area contributed by atoms with E-state index in [1.54, 1.807) is 0 Å². The third-order valence-electron chi connectivity index (χ3n) is 13.7. The molecule has 11 aromatic carbocycles. The quantitative estimate of drug-likeness (QED) is 0.166. The number of hydrogen-bond acceptors (Lipinski definition) is 2. The van der Waals surface area contributed by atoms with Crippen molar-refractivity contribution in [2.24, 2.45) is 0 Å². The molecule has 65 heavy (non-hydrogen) atoms. The van der Waals surface area contributed by atoms with E-state index in [-0.39, 0.29) is 0 Å². The normalized spacial score (nSPS) is 12.9. The fourth-order valence-electron chi connectivity index (χ4n) is 10.9. The van der Waals surface area contributed by atoms with Crippen LogP contribution in [0.25, 0.3) is 66.1 Å². The van der Waals surface area contributed by atoms with Gasteiger partial charge in [0, 0.05) is 38.8 Å². The van der Waals surface area contributed by atoms with E-state index in [9.17, 15) is 0 Å². The first-order chi connectivity index (χ1) is 32.3. The van der Waals surface area contributed by atoms with Crippen LogP contribution in [0.5, 0.6) is 11.5 Å². The van der Waals surface area contributed by atoms with Gasteiger partial charge in [0.1, 0.15) is 11.5 Å². The van der Waals surface area contributed by atoms with E-state index in [1.807, 2.05) is 0 Å². The molecule has 1 aliphatic heterocycles. The van der Waals surface area contributed by atoms with E-state index in [1.165, 1.54) is 55.6 Å². The predicted octanol–water partition coefficient (Wildman–Crippen LogP) is 16.9. The molecule has 0 amide bonds. The van der Waals surface area contributed by atoms with Crippen LogP contribution in [-0.2, 0) is 5.41 Å². The highest BCUT2D eigenvalue weighted by Crippen LogP contribution is 2.65. The molecule has 1 heterocycles. The Morgan fingerprint density at radius 1 is 0.292 bits per heavy atom. The summed E-state index contributed by atoms with van der Waals surface area (Å²) in [5, 5.41) is 4.54. The number of nitrogens with zero attached hydrogens (tertiary/aromatic N) is 1. The molecule has 0 aromatic heterocycles. The van der Waals surface area contributed by atoms with Crippen LogP contribution in [0.1, 0.15) is 22.3 Å². The van der Waals surface area contributed by atoms with Gasteiger partial charge >= 0.3 is 0 Å². The minimum absolute atomic E-state index is 0.660. The Morgan fingerprint density at radius 2 is 0.738 bits per heavy atom. The summed E-state index contributed by atoms with van der Waals surface area (Å²) < 4.78 is 7.26. The SMILES string of the molecule is c1ccc(-c2ccc(N(c3ccc(-c4ccccc4-c4ccccc4)cc3)c3cccc4c3-c3ccccc3C43c4ccc5ccccc5c4Oc4c3ccc3ccccc43)cc2)cc1. The van der Waals surface area contributed by atoms with Crippen molar-refractivity contribution in [3.63, 3.8) is 0 Å². The number of fused-ring (bicyclic) bond motifs is 13. The van der Waals surface area contributed by atoms with Crippen molar-refractivity contribution in [1.29, 1.82) is 0 Å². The Morgan fingerprint density at radius 3 is 1.34 bits per heavy atom. The lowest BCUT2D eigenvalue weighted by molar-refractivity contribution is 0.447. The topological polar surface area (TPSA) is 12.5 Å². The van der Waals surface area contributed by atoms with E-state index in [0.717, 1.165) is 61.2 Å². The minimum atomic E-state index is -0.660. The van der Waals surface area contributed by atoms with Gasteiger partial charge in [-0.15, -0.1) is 0 Å². The molecule has 1 aliphatic carbocycles. The summed E-state index contributed by atoms with van der Waals surface area (Å²) in [6, 6.07) is 90.6. The van der Waals surface area contributed by atoms with Gasteiger partial charge in [-0.3, -0.25) is 0 Å². The molecule has 0 saturated carbocycles. The molecule has 11 aromatic rings. The second-order valence-electron chi connectivity index (χ2n) is 17.1. The standard InChI is InChI=1S/C63H41NO/c1-3-16-42(17-4-1)43-30-36-48(37-31-43)64(49-38-32-47(33-39-49)51-23-12-11-22-50(51)44-18-5-2-6-19-44)59-29-15-28-56-60(59)54-26-13-14-27-55(54)63(56)57-40-34-45-20-7-9-24-52(45)61(57)65-62-53-25-10-8-21-46(53)35-41-58(62)63/h1-41H. The zero-order chi connectivity index (χ0) is 42.9. The van der Waals surface area contributed by atoms with Crippen LogP contribution in [-0.4, -0.2) is 0 Å². The van der Waals surface area contributed by atoms with Gasteiger partial charge in [0.2, 0.25) is 0 Å². The Kier molecular flexibility index (Phi) is 8.47. The maximum atomic E-state index is 7.26. The molecule has 0 N–H and O–H groups in total. The molecule has 0 radical (unpaired) electrons. The number of anilines is 3. The molecule has 2 nitrogen and oxygen atoms in total. The molecule has 1 spiro atoms.